The van der Waals surface area contributed by atoms with Crippen LogP contribution >= 0.6 is 0 Å². The number of benzene rings is 2. The molecule has 106 valence electrons. The van der Waals surface area contributed by atoms with Gasteiger partial charge in [0.05, 0.1) is 6.10 Å². The molecule has 0 amide bonds. The molecule has 2 aromatic carbocycles. The van der Waals surface area contributed by atoms with Crippen molar-refractivity contribution in [2.24, 2.45) is 0 Å². The van der Waals surface area contributed by atoms with Crippen LogP contribution in [0.4, 0.5) is 5.69 Å². The first-order valence-corrected chi connectivity index (χ1v) is 7.32. The molecule has 0 radical (unpaired) electrons. The zero-order valence-corrected chi connectivity index (χ0v) is 12.3. The standard InChI is InChI=1S/C18H23NO/c1-3-15(2)20-18-11-9-17(10-12-18)19-14-13-16-7-5-4-6-8-16/h4-12,15,19H,3,13-14H2,1-2H3. The largest absolute Gasteiger partial charge is 0.491 e. The van der Waals surface area contributed by atoms with Crippen molar-refractivity contribution in [1.82, 2.24) is 0 Å². The Bertz CT molecular complexity index is 493. The number of hydrogen-bond donors (Lipinski definition) is 1. The quantitative estimate of drug-likeness (QED) is 0.798. The lowest BCUT2D eigenvalue weighted by Gasteiger charge is -2.13. The molecule has 0 saturated heterocycles. The van der Waals surface area contributed by atoms with Gasteiger partial charge in [-0.05, 0) is 49.6 Å². The van der Waals surface area contributed by atoms with Gasteiger partial charge in [0.25, 0.3) is 0 Å². The van der Waals surface area contributed by atoms with E-state index in [2.05, 4.69) is 55.6 Å². The van der Waals surface area contributed by atoms with Crippen molar-refractivity contribution < 1.29 is 4.74 Å². The topological polar surface area (TPSA) is 21.3 Å². The molecule has 0 heterocycles. The molecule has 0 spiro atoms. The smallest absolute Gasteiger partial charge is 0.119 e. The Kier molecular flexibility index (Phi) is 5.48. The van der Waals surface area contributed by atoms with E-state index in [1.165, 1.54) is 5.56 Å². The SMILES string of the molecule is CCC(C)Oc1ccc(NCCc2ccccc2)cc1. The second-order valence-electron chi connectivity index (χ2n) is 5.02. The highest BCUT2D eigenvalue weighted by molar-refractivity contribution is 5.46. The predicted octanol–water partition coefficient (Wildman–Crippen LogP) is 4.52. The second-order valence-corrected chi connectivity index (χ2v) is 5.02. The van der Waals surface area contributed by atoms with Gasteiger partial charge in [0, 0.05) is 12.2 Å². The Morgan fingerprint density at radius 1 is 1.00 bits per heavy atom. The van der Waals surface area contributed by atoms with E-state index in [0.717, 1.165) is 30.8 Å². The average molecular weight is 269 g/mol. The van der Waals surface area contributed by atoms with Gasteiger partial charge < -0.3 is 10.1 Å². The van der Waals surface area contributed by atoms with E-state index < -0.39 is 0 Å². The molecule has 0 aliphatic heterocycles. The molecule has 0 bridgehead atoms. The molecule has 0 aliphatic carbocycles. The van der Waals surface area contributed by atoms with Gasteiger partial charge >= 0.3 is 0 Å². The molecule has 0 aliphatic rings. The third-order valence-corrected chi connectivity index (χ3v) is 3.35. The highest BCUT2D eigenvalue weighted by Crippen LogP contribution is 2.17. The zero-order valence-electron chi connectivity index (χ0n) is 12.3. The van der Waals surface area contributed by atoms with Crippen LogP contribution in [0.1, 0.15) is 25.8 Å². The number of nitrogens with one attached hydrogen (secondary N) is 1. The maximum atomic E-state index is 5.76. The van der Waals surface area contributed by atoms with E-state index in [4.69, 9.17) is 4.74 Å². The third-order valence-electron chi connectivity index (χ3n) is 3.35. The fraction of sp³-hybridized carbons (Fsp3) is 0.333. The Morgan fingerprint density at radius 2 is 1.70 bits per heavy atom. The van der Waals surface area contributed by atoms with Gasteiger partial charge in [0.2, 0.25) is 0 Å². The van der Waals surface area contributed by atoms with Crippen molar-refractivity contribution in [1.29, 1.82) is 0 Å². The maximum absolute atomic E-state index is 5.76. The molecule has 0 aromatic heterocycles. The molecule has 2 aromatic rings. The van der Waals surface area contributed by atoms with Gasteiger partial charge in [-0.2, -0.15) is 0 Å². The molecule has 20 heavy (non-hydrogen) atoms. The fourth-order valence-corrected chi connectivity index (χ4v) is 1.96. The van der Waals surface area contributed by atoms with Crippen LogP contribution in [0.3, 0.4) is 0 Å². The van der Waals surface area contributed by atoms with Crippen molar-refractivity contribution >= 4 is 5.69 Å². The van der Waals surface area contributed by atoms with Gasteiger partial charge in [0.1, 0.15) is 5.75 Å². The summed E-state index contributed by atoms with van der Waals surface area (Å²) in [6.07, 6.45) is 2.33. The van der Waals surface area contributed by atoms with Gasteiger partial charge in [-0.25, -0.2) is 0 Å². The normalized spacial score (nSPS) is 11.9. The predicted molar refractivity (Wildman–Crippen MR) is 85.5 cm³/mol. The minimum absolute atomic E-state index is 0.270. The monoisotopic (exact) mass is 269 g/mol. The van der Waals surface area contributed by atoms with Crippen molar-refractivity contribution in [3.63, 3.8) is 0 Å². The van der Waals surface area contributed by atoms with Gasteiger partial charge in [-0.3, -0.25) is 0 Å². The van der Waals surface area contributed by atoms with Crippen LogP contribution in [-0.2, 0) is 6.42 Å². The van der Waals surface area contributed by atoms with Crippen LogP contribution in [0.25, 0.3) is 0 Å². The van der Waals surface area contributed by atoms with E-state index in [1.54, 1.807) is 0 Å². The van der Waals surface area contributed by atoms with E-state index in [1.807, 2.05) is 18.2 Å². The van der Waals surface area contributed by atoms with Crippen LogP contribution in [0.2, 0.25) is 0 Å². The lowest BCUT2D eigenvalue weighted by molar-refractivity contribution is 0.217. The highest BCUT2D eigenvalue weighted by atomic mass is 16.5. The van der Waals surface area contributed by atoms with Crippen LogP contribution < -0.4 is 10.1 Å². The Morgan fingerprint density at radius 3 is 2.35 bits per heavy atom. The average Bonchev–Trinajstić information content (AvgIpc) is 2.50. The van der Waals surface area contributed by atoms with E-state index >= 15 is 0 Å². The van der Waals surface area contributed by atoms with Gasteiger partial charge in [-0.15, -0.1) is 0 Å². The summed E-state index contributed by atoms with van der Waals surface area (Å²) in [5.41, 5.74) is 2.49. The lowest BCUT2D eigenvalue weighted by atomic mass is 10.1. The first kappa shape index (κ1) is 14.4. The molecular formula is C18H23NO. The van der Waals surface area contributed by atoms with Crippen LogP contribution in [0, 0.1) is 0 Å². The van der Waals surface area contributed by atoms with E-state index in [0.29, 0.717) is 0 Å². The summed E-state index contributed by atoms with van der Waals surface area (Å²) >= 11 is 0. The highest BCUT2D eigenvalue weighted by Gasteiger charge is 2.00. The van der Waals surface area contributed by atoms with Crippen molar-refractivity contribution in [2.75, 3.05) is 11.9 Å². The summed E-state index contributed by atoms with van der Waals surface area (Å²) in [5, 5.41) is 3.43. The molecule has 0 fully saturated rings. The molecule has 2 heteroatoms. The summed E-state index contributed by atoms with van der Waals surface area (Å²) in [6.45, 7) is 5.16. The van der Waals surface area contributed by atoms with Crippen LogP contribution in [-0.4, -0.2) is 12.6 Å². The Balaban J connectivity index is 1.79. The molecule has 1 atom stereocenters. The molecule has 1 unspecified atom stereocenters. The summed E-state index contributed by atoms with van der Waals surface area (Å²) in [4.78, 5) is 0. The molecule has 2 nitrogen and oxygen atoms in total. The summed E-state index contributed by atoms with van der Waals surface area (Å²) in [6, 6.07) is 18.7. The zero-order chi connectivity index (χ0) is 14.2. The second kappa shape index (κ2) is 7.59. The number of hydrogen-bond acceptors (Lipinski definition) is 2. The van der Waals surface area contributed by atoms with Gasteiger partial charge in [-0.1, -0.05) is 37.3 Å². The van der Waals surface area contributed by atoms with E-state index in [9.17, 15) is 0 Å². The fourth-order valence-electron chi connectivity index (χ4n) is 1.96. The van der Waals surface area contributed by atoms with E-state index in [-0.39, 0.29) is 6.10 Å². The third kappa shape index (κ3) is 4.61. The maximum Gasteiger partial charge on any atom is 0.119 e. The summed E-state index contributed by atoms with van der Waals surface area (Å²) < 4.78 is 5.76. The Hall–Kier alpha value is -1.96. The summed E-state index contributed by atoms with van der Waals surface area (Å²) in [5.74, 6) is 0.938. The number of rotatable bonds is 7. The molecule has 2 rings (SSSR count). The number of anilines is 1. The molecule has 0 saturated carbocycles. The Labute approximate surface area is 121 Å². The summed E-state index contributed by atoms with van der Waals surface area (Å²) in [7, 11) is 0. The van der Waals surface area contributed by atoms with Gasteiger partial charge in [0.15, 0.2) is 0 Å². The molecule has 1 N–H and O–H groups in total. The minimum Gasteiger partial charge on any atom is -0.491 e. The van der Waals surface area contributed by atoms with Crippen LogP contribution in [0.15, 0.2) is 54.6 Å². The first-order chi connectivity index (χ1) is 9.78. The first-order valence-electron chi connectivity index (χ1n) is 7.32. The van der Waals surface area contributed by atoms with Crippen molar-refractivity contribution in [3.05, 3.63) is 60.2 Å². The molecular weight excluding hydrogens is 246 g/mol. The van der Waals surface area contributed by atoms with Crippen LogP contribution in [0.5, 0.6) is 5.75 Å². The van der Waals surface area contributed by atoms with Crippen molar-refractivity contribution in [2.45, 2.75) is 32.8 Å². The lowest BCUT2D eigenvalue weighted by Crippen LogP contribution is -2.09. The number of ether oxygens (including phenoxy) is 1. The minimum atomic E-state index is 0.270. The van der Waals surface area contributed by atoms with Crippen molar-refractivity contribution in [3.8, 4) is 5.75 Å².